The van der Waals surface area contributed by atoms with Gasteiger partial charge in [-0.25, -0.2) is 0 Å². The molecular weight excluding hydrogens is 338 g/mol. The van der Waals surface area contributed by atoms with Crippen molar-refractivity contribution in [1.29, 1.82) is 0 Å². The molecule has 2 rings (SSSR count). The van der Waals surface area contributed by atoms with Gasteiger partial charge in [0.2, 0.25) is 0 Å². The monoisotopic (exact) mass is 349 g/mol. The first-order chi connectivity index (χ1) is 10.1. The molecule has 0 bridgehead atoms. The zero-order chi connectivity index (χ0) is 15.2. The van der Waals surface area contributed by atoms with E-state index >= 15 is 0 Å². The van der Waals surface area contributed by atoms with Crippen molar-refractivity contribution in [3.8, 4) is 5.75 Å². The number of hydrogen-bond donors (Lipinski definition) is 1. The molecule has 0 spiro atoms. The molecule has 0 atom stereocenters. The van der Waals surface area contributed by atoms with Gasteiger partial charge in [-0.1, -0.05) is 15.9 Å². The second kappa shape index (κ2) is 6.85. The minimum absolute atomic E-state index is 0.0400. The molecule has 0 unspecified atom stereocenters. The molecule has 0 aliphatic rings. The number of nitro benzene ring substituents is 1. The highest BCUT2D eigenvalue weighted by Crippen LogP contribution is 2.21. The van der Waals surface area contributed by atoms with Crippen LogP contribution in [0.3, 0.4) is 0 Å². The summed E-state index contributed by atoms with van der Waals surface area (Å²) in [4.78, 5) is 10.1. The highest BCUT2D eigenvalue weighted by atomic mass is 79.9. The van der Waals surface area contributed by atoms with Gasteiger partial charge in [-0.05, 0) is 30.3 Å². The summed E-state index contributed by atoms with van der Waals surface area (Å²) < 4.78 is 6.15. The molecule has 0 amide bonds. The number of nitrogens with zero attached hydrogens (tertiary/aromatic N) is 2. The van der Waals surface area contributed by atoms with E-state index in [4.69, 9.17) is 4.74 Å². The van der Waals surface area contributed by atoms with Crippen molar-refractivity contribution in [2.24, 2.45) is 5.10 Å². The fourth-order valence-corrected chi connectivity index (χ4v) is 2.02. The fraction of sp³-hybridized carbons (Fsp3) is 0.0714. The van der Waals surface area contributed by atoms with Gasteiger partial charge in [-0.3, -0.25) is 15.5 Å². The van der Waals surface area contributed by atoms with Gasteiger partial charge in [0.25, 0.3) is 5.69 Å². The van der Waals surface area contributed by atoms with Crippen LogP contribution in [0.5, 0.6) is 5.75 Å². The van der Waals surface area contributed by atoms with Crippen molar-refractivity contribution < 1.29 is 9.66 Å². The summed E-state index contributed by atoms with van der Waals surface area (Å²) in [7, 11) is 1.59. The maximum Gasteiger partial charge on any atom is 0.269 e. The van der Waals surface area contributed by atoms with E-state index in [2.05, 4.69) is 26.5 Å². The Bertz CT molecular complexity index is 672. The Morgan fingerprint density at radius 1 is 1.29 bits per heavy atom. The summed E-state index contributed by atoms with van der Waals surface area (Å²) in [6, 6.07) is 11.6. The van der Waals surface area contributed by atoms with Crippen LogP contribution < -0.4 is 10.2 Å². The van der Waals surface area contributed by atoms with Gasteiger partial charge >= 0.3 is 0 Å². The first-order valence-electron chi connectivity index (χ1n) is 5.97. The van der Waals surface area contributed by atoms with Crippen molar-refractivity contribution >= 4 is 33.5 Å². The average Bonchev–Trinajstić information content (AvgIpc) is 2.48. The molecule has 0 fully saturated rings. The molecule has 0 radical (unpaired) electrons. The van der Waals surface area contributed by atoms with Crippen LogP contribution in [0.1, 0.15) is 5.56 Å². The van der Waals surface area contributed by atoms with Crippen LogP contribution in [-0.4, -0.2) is 18.2 Å². The lowest BCUT2D eigenvalue weighted by molar-refractivity contribution is -0.384. The minimum atomic E-state index is -0.445. The molecule has 6 nitrogen and oxygen atoms in total. The topological polar surface area (TPSA) is 76.8 Å². The van der Waals surface area contributed by atoms with Crippen LogP contribution in [0.4, 0.5) is 11.4 Å². The number of hydrazone groups is 1. The van der Waals surface area contributed by atoms with E-state index in [-0.39, 0.29) is 5.69 Å². The zero-order valence-electron chi connectivity index (χ0n) is 11.1. The van der Waals surface area contributed by atoms with E-state index in [9.17, 15) is 10.1 Å². The van der Waals surface area contributed by atoms with E-state index < -0.39 is 4.92 Å². The molecule has 0 aromatic heterocycles. The smallest absolute Gasteiger partial charge is 0.269 e. The molecule has 0 heterocycles. The Balaban J connectivity index is 2.08. The number of hydrogen-bond acceptors (Lipinski definition) is 5. The van der Waals surface area contributed by atoms with Gasteiger partial charge < -0.3 is 4.74 Å². The van der Waals surface area contributed by atoms with E-state index in [0.29, 0.717) is 11.4 Å². The summed E-state index contributed by atoms with van der Waals surface area (Å²) in [6.07, 6.45) is 1.62. The summed E-state index contributed by atoms with van der Waals surface area (Å²) >= 11 is 3.38. The molecule has 1 N–H and O–H groups in total. The lowest BCUT2D eigenvalue weighted by Gasteiger charge is -2.05. The van der Waals surface area contributed by atoms with Crippen LogP contribution in [0, 0.1) is 10.1 Å². The molecule has 21 heavy (non-hydrogen) atoms. The number of non-ortho nitro benzene ring substituents is 1. The largest absolute Gasteiger partial charge is 0.496 e. The Labute approximate surface area is 129 Å². The molecule has 2 aromatic carbocycles. The number of halogens is 1. The van der Waals surface area contributed by atoms with Gasteiger partial charge in [0.1, 0.15) is 5.75 Å². The molecule has 2 aromatic rings. The zero-order valence-corrected chi connectivity index (χ0v) is 12.7. The van der Waals surface area contributed by atoms with Gasteiger partial charge in [-0.15, -0.1) is 0 Å². The summed E-state index contributed by atoms with van der Waals surface area (Å²) in [6.45, 7) is 0. The summed E-state index contributed by atoms with van der Waals surface area (Å²) in [5, 5.41) is 14.6. The maximum atomic E-state index is 10.6. The minimum Gasteiger partial charge on any atom is -0.496 e. The average molecular weight is 350 g/mol. The Hall–Kier alpha value is -2.41. The van der Waals surface area contributed by atoms with Crippen LogP contribution in [0.25, 0.3) is 0 Å². The highest BCUT2D eigenvalue weighted by Gasteiger charge is 2.03. The standard InChI is InChI=1S/C14H12BrN3O3/c1-21-14-7-2-11(15)8-10(14)9-16-17-12-3-5-13(6-4-12)18(19)20/h2-9,17H,1H3/b16-9-. The molecule has 0 aliphatic carbocycles. The number of ether oxygens (including phenoxy) is 1. The fourth-order valence-electron chi connectivity index (χ4n) is 1.64. The predicted molar refractivity (Wildman–Crippen MR) is 85.0 cm³/mol. The third-order valence-corrected chi connectivity index (χ3v) is 3.16. The number of anilines is 1. The lowest BCUT2D eigenvalue weighted by atomic mass is 10.2. The van der Waals surface area contributed by atoms with Crippen molar-refractivity contribution in [1.82, 2.24) is 0 Å². The third kappa shape index (κ3) is 4.03. The molecule has 0 saturated carbocycles. The van der Waals surface area contributed by atoms with Gasteiger partial charge in [0.15, 0.2) is 0 Å². The first kappa shape index (κ1) is 15.0. The molecule has 0 saturated heterocycles. The Morgan fingerprint density at radius 3 is 2.62 bits per heavy atom. The second-order valence-corrected chi connectivity index (χ2v) is 4.98. The lowest BCUT2D eigenvalue weighted by Crippen LogP contribution is -1.94. The molecular formula is C14H12BrN3O3. The van der Waals surface area contributed by atoms with Crippen molar-refractivity contribution in [2.45, 2.75) is 0 Å². The molecule has 108 valence electrons. The van der Waals surface area contributed by atoms with E-state index in [0.717, 1.165) is 10.0 Å². The number of nitrogens with one attached hydrogen (secondary N) is 1. The first-order valence-corrected chi connectivity index (χ1v) is 6.76. The normalized spacial score (nSPS) is 10.6. The second-order valence-electron chi connectivity index (χ2n) is 4.06. The Morgan fingerprint density at radius 2 is 2.00 bits per heavy atom. The third-order valence-electron chi connectivity index (χ3n) is 2.67. The van der Waals surface area contributed by atoms with Gasteiger partial charge in [0.05, 0.1) is 23.9 Å². The van der Waals surface area contributed by atoms with Crippen LogP contribution in [0.15, 0.2) is 52.0 Å². The predicted octanol–water partition coefficient (Wildman–Crippen LogP) is 3.81. The van der Waals surface area contributed by atoms with Crippen LogP contribution in [-0.2, 0) is 0 Å². The Kier molecular flexibility index (Phi) is 4.89. The number of nitro groups is 1. The maximum absolute atomic E-state index is 10.6. The van der Waals surface area contributed by atoms with E-state index in [1.54, 1.807) is 25.5 Å². The van der Waals surface area contributed by atoms with Crippen molar-refractivity contribution in [3.63, 3.8) is 0 Å². The number of methoxy groups -OCH3 is 1. The van der Waals surface area contributed by atoms with Crippen molar-refractivity contribution in [3.05, 3.63) is 62.6 Å². The van der Waals surface area contributed by atoms with Gasteiger partial charge in [0, 0.05) is 22.2 Å². The SMILES string of the molecule is COc1ccc(Br)cc1/C=N\Nc1ccc([N+](=O)[O-])cc1. The van der Waals surface area contributed by atoms with Crippen molar-refractivity contribution in [2.75, 3.05) is 12.5 Å². The van der Waals surface area contributed by atoms with E-state index in [1.807, 2.05) is 18.2 Å². The highest BCUT2D eigenvalue weighted by molar-refractivity contribution is 9.10. The number of benzene rings is 2. The summed E-state index contributed by atoms with van der Waals surface area (Å²) in [5.74, 6) is 0.701. The quantitative estimate of drug-likeness (QED) is 0.505. The summed E-state index contributed by atoms with van der Waals surface area (Å²) in [5.41, 5.74) is 4.31. The van der Waals surface area contributed by atoms with E-state index in [1.165, 1.54) is 12.1 Å². The molecule has 7 heteroatoms. The number of rotatable bonds is 5. The van der Waals surface area contributed by atoms with Crippen LogP contribution >= 0.6 is 15.9 Å². The van der Waals surface area contributed by atoms with Gasteiger partial charge in [-0.2, -0.15) is 5.10 Å². The van der Waals surface area contributed by atoms with Crippen LogP contribution in [0.2, 0.25) is 0 Å². The molecule has 0 aliphatic heterocycles.